The molecular formula is C11H16O2Si. The van der Waals surface area contributed by atoms with Crippen molar-refractivity contribution in [1.29, 1.82) is 0 Å². The number of hydrogen-bond donors (Lipinski definition) is 0. The first-order valence-corrected chi connectivity index (χ1v) is 8.14. The van der Waals surface area contributed by atoms with Crippen molar-refractivity contribution in [2.75, 3.05) is 7.11 Å². The quantitative estimate of drug-likeness (QED) is 0.714. The molecular weight excluding hydrogens is 192 g/mol. The third-order valence-electron chi connectivity index (χ3n) is 2.03. The Morgan fingerprint density at radius 2 is 1.64 bits per heavy atom. The Morgan fingerprint density at radius 1 is 1.14 bits per heavy atom. The van der Waals surface area contributed by atoms with Gasteiger partial charge in [0.25, 0.3) is 0 Å². The van der Waals surface area contributed by atoms with Crippen molar-refractivity contribution in [2.45, 2.75) is 19.6 Å². The molecule has 0 aromatic heterocycles. The summed E-state index contributed by atoms with van der Waals surface area (Å²) < 4.78 is 5.03. The summed E-state index contributed by atoms with van der Waals surface area (Å²) in [5.74, 6) is 0.789. The van der Waals surface area contributed by atoms with E-state index in [-0.39, 0.29) is 0 Å². The average Bonchev–Trinajstić information content (AvgIpc) is 2.15. The number of methoxy groups -OCH3 is 1. The Kier molecular flexibility index (Phi) is 3.11. The zero-order chi connectivity index (χ0) is 10.8. The van der Waals surface area contributed by atoms with Crippen molar-refractivity contribution in [2.24, 2.45) is 0 Å². The minimum Gasteiger partial charge on any atom is -0.497 e. The van der Waals surface area contributed by atoms with E-state index in [9.17, 15) is 4.79 Å². The third kappa shape index (κ3) is 2.45. The molecule has 1 rings (SSSR count). The molecule has 1 aromatic carbocycles. The number of ether oxygens (including phenoxy) is 1. The lowest BCUT2D eigenvalue weighted by molar-refractivity contribution is 0.106. The van der Waals surface area contributed by atoms with Gasteiger partial charge >= 0.3 is 0 Å². The Balaban J connectivity index is 2.93. The summed E-state index contributed by atoms with van der Waals surface area (Å²) in [6.07, 6.45) is 0. The van der Waals surface area contributed by atoms with Crippen LogP contribution >= 0.6 is 0 Å². The van der Waals surface area contributed by atoms with E-state index in [0.717, 1.165) is 11.3 Å². The van der Waals surface area contributed by atoms with Gasteiger partial charge in [-0.3, -0.25) is 0 Å². The zero-order valence-corrected chi connectivity index (χ0v) is 10.1. The molecule has 14 heavy (non-hydrogen) atoms. The maximum atomic E-state index is 11.9. The number of hydrogen-bond acceptors (Lipinski definition) is 2. The molecule has 0 N–H and O–H groups in total. The molecule has 3 heteroatoms. The minimum absolute atomic E-state index is 0.292. The standard InChI is InChI=1S/C11H16O2Si/c1-13-10-7-5-9(6-8-10)11(12)14(2,3)4/h5-8H,1-4H3. The Morgan fingerprint density at radius 3 is 2.00 bits per heavy atom. The smallest absolute Gasteiger partial charge is 0.139 e. The molecule has 0 unspecified atom stereocenters. The first-order valence-electron chi connectivity index (χ1n) is 4.64. The highest BCUT2D eigenvalue weighted by Crippen LogP contribution is 2.15. The molecule has 0 fully saturated rings. The van der Waals surface area contributed by atoms with Crippen molar-refractivity contribution >= 4 is 13.5 Å². The van der Waals surface area contributed by atoms with E-state index in [1.54, 1.807) is 7.11 Å². The fourth-order valence-corrected chi connectivity index (χ4v) is 2.21. The molecule has 0 amide bonds. The van der Waals surface area contributed by atoms with Gasteiger partial charge in [0, 0.05) is 5.56 Å². The predicted octanol–water partition coefficient (Wildman–Crippen LogP) is 2.76. The van der Waals surface area contributed by atoms with Gasteiger partial charge in [0.1, 0.15) is 19.2 Å². The molecule has 2 nitrogen and oxygen atoms in total. The van der Waals surface area contributed by atoms with E-state index in [2.05, 4.69) is 19.6 Å². The van der Waals surface area contributed by atoms with Gasteiger partial charge in [-0.25, -0.2) is 0 Å². The van der Waals surface area contributed by atoms with Gasteiger partial charge in [-0.2, -0.15) is 0 Å². The molecule has 0 radical (unpaired) electrons. The van der Waals surface area contributed by atoms with Gasteiger partial charge < -0.3 is 9.53 Å². The van der Waals surface area contributed by atoms with Crippen LogP contribution in [0.1, 0.15) is 10.4 Å². The second-order valence-corrected chi connectivity index (χ2v) is 9.26. The fraction of sp³-hybridized carbons (Fsp3) is 0.364. The lowest BCUT2D eigenvalue weighted by Gasteiger charge is -2.14. The first kappa shape index (κ1) is 11.0. The van der Waals surface area contributed by atoms with Crippen LogP contribution in [0.4, 0.5) is 0 Å². The maximum Gasteiger partial charge on any atom is 0.139 e. The van der Waals surface area contributed by atoms with Crippen LogP contribution in [0, 0.1) is 0 Å². The van der Waals surface area contributed by atoms with Crippen LogP contribution < -0.4 is 4.74 Å². The van der Waals surface area contributed by atoms with Crippen molar-refractivity contribution in [3.05, 3.63) is 29.8 Å². The summed E-state index contributed by atoms with van der Waals surface area (Å²) in [7, 11) is -0.0883. The molecule has 0 spiro atoms. The lowest BCUT2D eigenvalue weighted by atomic mass is 10.2. The van der Waals surface area contributed by atoms with Crippen LogP contribution in [-0.2, 0) is 0 Å². The molecule has 0 aliphatic carbocycles. The molecule has 76 valence electrons. The summed E-state index contributed by atoms with van der Waals surface area (Å²) in [6, 6.07) is 7.32. The van der Waals surface area contributed by atoms with Gasteiger partial charge in [0.2, 0.25) is 0 Å². The largest absolute Gasteiger partial charge is 0.497 e. The van der Waals surface area contributed by atoms with Gasteiger partial charge in [0.15, 0.2) is 0 Å². The number of carbonyl (C=O) groups is 1. The van der Waals surface area contributed by atoms with E-state index in [0.29, 0.717) is 5.41 Å². The van der Waals surface area contributed by atoms with E-state index in [4.69, 9.17) is 4.74 Å². The van der Waals surface area contributed by atoms with Crippen molar-refractivity contribution < 1.29 is 9.53 Å². The molecule has 0 atom stereocenters. The van der Waals surface area contributed by atoms with Crippen LogP contribution in [0.5, 0.6) is 5.75 Å². The summed E-state index contributed by atoms with van der Waals surface area (Å²) in [5, 5.41) is 0.292. The number of carbonyl (C=O) groups excluding carboxylic acids is 1. The molecule has 0 saturated carbocycles. The Labute approximate surface area is 85.9 Å². The van der Waals surface area contributed by atoms with Crippen molar-refractivity contribution in [1.82, 2.24) is 0 Å². The molecule has 0 aliphatic heterocycles. The second kappa shape index (κ2) is 3.96. The van der Waals surface area contributed by atoms with Crippen molar-refractivity contribution in [3.63, 3.8) is 0 Å². The molecule has 1 aromatic rings. The van der Waals surface area contributed by atoms with Gasteiger partial charge in [0.05, 0.1) is 7.11 Å². The summed E-state index contributed by atoms with van der Waals surface area (Å²) in [6.45, 7) is 6.17. The molecule has 0 heterocycles. The van der Waals surface area contributed by atoms with E-state index >= 15 is 0 Å². The highest BCUT2D eigenvalue weighted by molar-refractivity contribution is 7.05. The first-order chi connectivity index (χ1) is 6.45. The van der Waals surface area contributed by atoms with Crippen LogP contribution in [0.3, 0.4) is 0 Å². The zero-order valence-electron chi connectivity index (χ0n) is 9.13. The van der Waals surface area contributed by atoms with Crippen LogP contribution in [0.15, 0.2) is 24.3 Å². The van der Waals surface area contributed by atoms with Crippen LogP contribution in [0.25, 0.3) is 0 Å². The third-order valence-corrected chi connectivity index (χ3v) is 3.68. The fourth-order valence-electron chi connectivity index (χ4n) is 1.18. The number of benzene rings is 1. The van der Waals surface area contributed by atoms with Crippen molar-refractivity contribution in [3.8, 4) is 5.75 Å². The van der Waals surface area contributed by atoms with E-state index in [1.165, 1.54) is 0 Å². The predicted molar refractivity (Wildman–Crippen MR) is 60.7 cm³/mol. The van der Waals surface area contributed by atoms with E-state index in [1.807, 2.05) is 24.3 Å². The SMILES string of the molecule is COc1ccc(C(=O)[Si](C)(C)C)cc1. The van der Waals surface area contributed by atoms with Gasteiger partial charge in [-0.05, 0) is 24.3 Å². The average molecular weight is 208 g/mol. The van der Waals surface area contributed by atoms with Gasteiger partial charge in [-0.15, -0.1) is 0 Å². The topological polar surface area (TPSA) is 26.3 Å². The van der Waals surface area contributed by atoms with Crippen LogP contribution in [-0.4, -0.2) is 20.6 Å². The molecule has 0 aliphatic rings. The lowest BCUT2D eigenvalue weighted by Crippen LogP contribution is -2.33. The summed E-state index contributed by atoms with van der Waals surface area (Å²) in [5.41, 5.74) is 0.796. The highest BCUT2D eigenvalue weighted by atomic mass is 28.3. The summed E-state index contributed by atoms with van der Waals surface area (Å²) >= 11 is 0. The second-order valence-electron chi connectivity index (χ2n) is 4.31. The van der Waals surface area contributed by atoms with Crippen LogP contribution in [0.2, 0.25) is 19.6 Å². The monoisotopic (exact) mass is 208 g/mol. The van der Waals surface area contributed by atoms with E-state index < -0.39 is 8.07 Å². The normalized spacial score (nSPS) is 11.1. The Hall–Kier alpha value is -1.09. The molecule has 0 bridgehead atoms. The molecule has 0 saturated heterocycles. The maximum absolute atomic E-state index is 11.9. The number of rotatable bonds is 3. The van der Waals surface area contributed by atoms with Gasteiger partial charge in [-0.1, -0.05) is 19.6 Å². The highest BCUT2D eigenvalue weighted by Gasteiger charge is 2.25. The minimum atomic E-state index is -1.71. The Bertz CT molecular complexity index is 322. The summed E-state index contributed by atoms with van der Waals surface area (Å²) in [4.78, 5) is 11.9.